The third-order valence-electron chi connectivity index (χ3n) is 14.0. The summed E-state index contributed by atoms with van der Waals surface area (Å²) in [7, 11) is 0. The van der Waals surface area contributed by atoms with Crippen molar-refractivity contribution in [1.29, 1.82) is 0 Å². The highest BCUT2D eigenvalue weighted by Gasteiger charge is 2.51. The van der Waals surface area contributed by atoms with Crippen molar-refractivity contribution in [2.75, 3.05) is 4.90 Å². The second-order valence-electron chi connectivity index (χ2n) is 17.3. The van der Waals surface area contributed by atoms with E-state index in [0.29, 0.717) is 0 Å². The lowest BCUT2D eigenvalue weighted by atomic mass is 9.64. The first kappa shape index (κ1) is 36.7. The number of para-hydroxylation sites is 3. The van der Waals surface area contributed by atoms with Gasteiger partial charge in [-0.2, -0.15) is 0 Å². The lowest BCUT2D eigenvalue weighted by Gasteiger charge is -2.45. The van der Waals surface area contributed by atoms with Gasteiger partial charge in [0.15, 0.2) is 0 Å². The molecule has 1 spiro atoms. The van der Waals surface area contributed by atoms with Crippen LogP contribution in [0.4, 0.5) is 17.1 Å². The summed E-state index contributed by atoms with van der Waals surface area (Å²) in [4.78, 5) is 2.44. The molecule has 0 saturated carbocycles. The van der Waals surface area contributed by atoms with Gasteiger partial charge in [-0.1, -0.05) is 206 Å². The second-order valence-corrected chi connectivity index (χ2v) is 17.3. The molecule has 0 saturated heterocycles. The number of hydrogen-bond acceptors (Lipinski definition) is 3. The molecule has 2 aliphatic carbocycles. The maximum atomic E-state index is 3.84. The van der Waals surface area contributed by atoms with Crippen molar-refractivity contribution in [1.82, 2.24) is 10.4 Å². The Hall–Kier alpha value is -7.98. The van der Waals surface area contributed by atoms with Gasteiger partial charge >= 0.3 is 0 Å². The molecule has 3 nitrogen and oxygen atoms in total. The van der Waals surface area contributed by atoms with E-state index in [1.165, 1.54) is 94.5 Å². The number of allylic oxidation sites excluding steroid dienone is 2. The van der Waals surface area contributed by atoms with Crippen molar-refractivity contribution in [2.45, 2.75) is 18.0 Å². The Balaban J connectivity index is 0.829. The molecule has 4 aliphatic rings. The van der Waals surface area contributed by atoms with Gasteiger partial charge < -0.3 is 10.3 Å². The highest BCUT2D eigenvalue weighted by atomic mass is 15.5. The average molecular weight is 818 g/mol. The van der Waals surface area contributed by atoms with Crippen LogP contribution >= 0.6 is 0 Å². The predicted octanol–water partition coefficient (Wildman–Crippen LogP) is 14.5. The zero-order chi connectivity index (χ0) is 42.2. The van der Waals surface area contributed by atoms with Gasteiger partial charge in [0.1, 0.15) is 0 Å². The molecule has 64 heavy (non-hydrogen) atoms. The average Bonchev–Trinajstić information content (AvgIpc) is 3.88. The Bertz CT molecular complexity index is 3340. The number of benzene rings is 9. The predicted molar refractivity (Wildman–Crippen MR) is 264 cm³/mol. The number of rotatable bonds is 6. The minimum Gasteiger partial charge on any atom is -0.317 e. The molecule has 0 aromatic heterocycles. The van der Waals surface area contributed by atoms with Crippen molar-refractivity contribution in [3.63, 3.8) is 0 Å². The number of hydrazine groups is 1. The van der Waals surface area contributed by atoms with Crippen LogP contribution in [0, 0.1) is 0 Å². The summed E-state index contributed by atoms with van der Waals surface area (Å²) in [5.74, 6) is 0. The molecule has 1 atom stereocenters. The number of anilines is 3. The van der Waals surface area contributed by atoms with Gasteiger partial charge in [0, 0.05) is 17.8 Å². The second kappa shape index (κ2) is 14.6. The monoisotopic (exact) mass is 817 g/mol. The molecule has 0 radical (unpaired) electrons. The SMILES string of the molecule is C1=CC2=C(c3ccc(-c4cccc5ccccc45)cc3)NN(Cc3ccc(-c4ccc5c(c4)C4(c6ccccc6-5)c5ccccc5N(c5ccccc5)c5ccccc54)cc3)C2C=C1. The summed E-state index contributed by atoms with van der Waals surface area (Å²) >= 11 is 0. The Kier molecular flexibility index (Phi) is 8.34. The summed E-state index contributed by atoms with van der Waals surface area (Å²) in [6.45, 7) is 0.762. The van der Waals surface area contributed by atoms with Crippen molar-refractivity contribution in [3.05, 3.63) is 276 Å². The molecule has 1 unspecified atom stereocenters. The molecule has 9 aromatic rings. The topological polar surface area (TPSA) is 18.5 Å². The Morgan fingerprint density at radius 3 is 1.86 bits per heavy atom. The lowest BCUT2D eigenvalue weighted by molar-refractivity contribution is 0.219. The number of nitrogens with one attached hydrogen (secondary N) is 1. The lowest BCUT2D eigenvalue weighted by Crippen LogP contribution is -2.37. The van der Waals surface area contributed by atoms with Crippen LogP contribution in [0.1, 0.15) is 33.4 Å². The van der Waals surface area contributed by atoms with Gasteiger partial charge in [0.05, 0.1) is 28.5 Å². The number of nitrogens with zero attached hydrogens (tertiary/aromatic N) is 2. The van der Waals surface area contributed by atoms with Gasteiger partial charge in [-0.15, -0.1) is 0 Å². The van der Waals surface area contributed by atoms with E-state index in [2.05, 4.69) is 252 Å². The van der Waals surface area contributed by atoms with Gasteiger partial charge in [0.2, 0.25) is 0 Å². The fraction of sp³-hybridized carbons (Fsp3) is 0.0492. The van der Waals surface area contributed by atoms with Crippen molar-refractivity contribution in [3.8, 4) is 33.4 Å². The van der Waals surface area contributed by atoms with Crippen LogP contribution in [0.15, 0.2) is 242 Å². The molecule has 9 aromatic carbocycles. The van der Waals surface area contributed by atoms with Gasteiger partial charge in [-0.3, -0.25) is 0 Å². The maximum absolute atomic E-state index is 3.84. The Labute approximate surface area is 374 Å². The van der Waals surface area contributed by atoms with E-state index in [1.54, 1.807) is 0 Å². The minimum absolute atomic E-state index is 0.144. The first-order valence-electron chi connectivity index (χ1n) is 22.3. The number of hydrogen-bond donors (Lipinski definition) is 1. The normalized spacial score (nSPS) is 16.3. The van der Waals surface area contributed by atoms with Crippen LogP contribution in [0.2, 0.25) is 0 Å². The zero-order valence-corrected chi connectivity index (χ0v) is 35.2. The molecule has 0 fully saturated rings. The smallest absolute Gasteiger partial charge is 0.0754 e. The molecular formula is C61H43N3. The molecule has 0 bridgehead atoms. The fourth-order valence-electron chi connectivity index (χ4n) is 11.1. The first-order chi connectivity index (χ1) is 31.7. The van der Waals surface area contributed by atoms with Crippen LogP contribution < -0.4 is 10.3 Å². The van der Waals surface area contributed by atoms with Crippen LogP contribution in [-0.4, -0.2) is 11.1 Å². The quantitative estimate of drug-likeness (QED) is 0.180. The summed E-state index contributed by atoms with van der Waals surface area (Å²) in [6.07, 6.45) is 8.88. The van der Waals surface area contributed by atoms with Crippen molar-refractivity contribution in [2.24, 2.45) is 0 Å². The minimum atomic E-state index is -0.484. The highest BCUT2D eigenvalue weighted by Crippen LogP contribution is 2.63. The molecule has 0 amide bonds. The summed E-state index contributed by atoms with van der Waals surface area (Å²) in [6, 6.07) is 78.6. The van der Waals surface area contributed by atoms with Gasteiger partial charge in [-0.05, 0) is 108 Å². The fourth-order valence-corrected chi connectivity index (χ4v) is 11.1. The summed E-state index contributed by atoms with van der Waals surface area (Å²) < 4.78 is 0. The van der Waals surface area contributed by atoms with Crippen LogP contribution in [0.5, 0.6) is 0 Å². The van der Waals surface area contributed by atoms with E-state index >= 15 is 0 Å². The Morgan fingerprint density at radius 2 is 1.06 bits per heavy atom. The highest BCUT2D eigenvalue weighted by molar-refractivity contribution is 5.98. The molecule has 13 rings (SSSR count). The molecule has 3 heteroatoms. The third kappa shape index (κ3) is 5.51. The van der Waals surface area contributed by atoms with Gasteiger partial charge in [-0.25, -0.2) is 5.01 Å². The van der Waals surface area contributed by atoms with E-state index in [0.717, 1.165) is 17.9 Å². The molecule has 2 aliphatic heterocycles. The maximum Gasteiger partial charge on any atom is 0.0754 e. The molecule has 2 heterocycles. The van der Waals surface area contributed by atoms with E-state index < -0.39 is 5.41 Å². The standard InChI is InChI=1S/C61H43N3/c1-2-17-47(18-3-1)64-58-27-12-9-24-54(58)61(55-25-10-13-28-59(55)64)53-23-8-6-20-50(53)51-38-37-46(39-56(51)61)42-31-29-41(30-32-42)40-63-57-26-11-7-21-52(57)60(62-63)45-35-33-44(34-36-45)49-22-14-16-43-15-4-5-19-48(43)49/h1-39,57,62H,40H2. The van der Waals surface area contributed by atoms with Crippen LogP contribution in [-0.2, 0) is 12.0 Å². The number of fused-ring (bicyclic) bond motifs is 11. The van der Waals surface area contributed by atoms with Gasteiger partial charge in [0.25, 0.3) is 0 Å². The largest absolute Gasteiger partial charge is 0.317 e. The van der Waals surface area contributed by atoms with E-state index in [-0.39, 0.29) is 6.04 Å². The molecule has 1 N–H and O–H groups in total. The van der Waals surface area contributed by atoms with Crippen molar-refractivity contribution >= 4 is 33.5 Å². The zero-order valence-electron chi connectivity index (χ0n) is 35.2. The van der Waals surface area contributed by atoms with E-state index in [9.17, 15) is 0 Å². The van der Waals surface area contributed by atoms with E-state index in [1.807, 2.05) is 0 Å². The summed E-state index contributed by atoms with van der Waals surface area (Å²) in [5, 5.41) is 4.90. The molecular weight excluding hydrogens is 775 g/mol. The molecule has 302 valence electrons. The Morgan fingerprint density at radius 1 is 0.453 bits per heavy atom. The first-order valence-corrected chi connectivity index (χ1v) is 22.3. The van der Waals surface area contributed by atoms with Crippen molar-refractivity contribution < 1.29 is 0 Å². The van der Waals surface area contributed by atoms with E-state index in [4.69, 9.17) is 0 Å². The summed E-state index contributed by atoms with van der Waals surface area (Å²) in [5.41, 5.74) is 24.6. The third-order valence-corrected chi connectivity index (χ3v) is 14.0. The van der Waals surface area contributed by atoms with Crippen LogP contribution in [0.3, 0.4) is 0 Å². The van der Waals surface area contributed by atoms with Crippen LogP contribution in [0.25, 0.3) is 49.9 Å².